The number of likely N-dealkylation sites (N-methyl/N-ethyl adjacent to an activating group) is 1. The molecule has 2 unspecified atom stereocenters. The largest absolute Gasteiger partial charge is 0.472 e. The summed E-state index contributed by atoms with van der Waals surface area (Å²) in [6.07, 6.45) is 45.2. The Hall–Kier alpha value is -2.55. The number of quaternary nitrogens is 1. The molecule has 0 bridgehead atoms. The first-order chi connectivity index (χ1) is 26.5. The van der Waals surface area contributed by atoms with Gasteiger partial charge in [0.1, 0.15) is 19.8 Å². The van der Waals surface area contributed by atoms with Crippen molar-refractivity contribution in [3.8, 4) is 0 Å². The molecule has 9 nitrogen and oxygen atoms in total. The SMILES string of the molecule is CC/C=C/C=C/C=C/CCCCCCCC(=O)OC(COC(=O)CCCCCCC/C=C/C=C/C=C/CCCCCCC)COP(=O)(O)OCC[N+](C)(C)C. The fourth-order valence-corrected chi connectivity index (χ4v) is 5.99. The van der Waals surface area contributed by atoms with Gasteiger partial charge in [-0.3, -0.25) is 18.6 Å². The smallest absolute Gasteiger partial charge is 0.462 e. The molecule has 0 aliphatic heterocycles. The predicted molar refractivity (Wildman–Crippen MR) is 229 cm³/mol. The summed E-state index contributed by atoms with van der Waals surface area (Å²) in [6.45, 7) is 4.20. The zero-order valence-corrected chi connectivity index (χ0v) is 36.3. The van der Waals surface area contributed by atoms with E-state index in [1.807, 2.05) is 39.4 Å². The van der Waals surface area contributed by atoms with E-state index in [9.17, 15) is 19.0 Å². The molecule has 0 aromatic carbocycles. The molecule has 2 atom stereocenters. The number of hydrogen-bond donors (Lipinski definition) is 1. The molecule has 10 heteroatoms. The van der Waals surface area contributed by atoms with Crippen LogP contribution in [0.1, 0.15) is 149 Å². The maximum Gasteiger partial charge on any atom is 0.472 e. The van der Waals surface area contributed by atoms with Crippen molar-refractivity contribution in [2.45, 2.75) is 155 Å². The predicted octanol–water partition coefficient (Wildman–Crippen LogP) is 11.9. The number of allylic oxidation sites excluding steroid dienone is 12. The second-order valence-corrected chi connectivity index (χ2v) is 16.6. The van der Waals surface area contributed by atoms with Gasteiger partial charge in [-0.15, -0.1) is 0 Å². The van der Waals surface area contributed by atoms with Crippen LogP contribution >= 0.6 is 7.82 Å². The van der Waals surface area contributed by atoms with Crippen LogP contribution in [-0.2, 0) is 32.7 Å². The van der Waals surface area contributed by atoms with Gasteiger partial charge in [-0.25, -0.2) is 4.57 Å². The van der Waals surface area contributed by atoms with Crippen molar-refractivity contribution in [3.05, 3.63) is 72.9 Å². The number of unbranched alkanes of at least 4 members (excludes halogenated alkanes) is 15. The van der Waals surface area contributed by atoms with E-state index in [0.29, 0.717) is 23.9 Å². The van der Waals surface area contributed by atoms with E-state index in [2.05, 4.69) is 68.5 Å². The van der Waals surface area contributed by atoms with Gasteiger partial charge in [0.2, 0.25) is 0 Å². The zero-order chi connectivity index (χ0) is 40.7. The molecule has 0 aromatic heterocycles. The van der Waals surface area contributed by atoms with Crippen molar-refractivity contribution in [3.63, 3.8) is 0 Å². The summed E-state index contributed by atoms with van der Waals surface area (Å²) in [6, 6.07) is 0. The molecule has 0 heterocycles. The molecule has 1 N–H and O–H groups in total. The van der Waals surface area contributed by atoms with Gasteiger partial charge in [-0.05, 0) is 57.8 Å². The number of carbonyl (C=O) groups excluding carboxylic acids is 2. The molecule has 0 saturated heterocycles. The summed E-state index contributed by atoms with van der Waals surface area (Å²) in [5.41, 5.74) is 0. The van der Waals surface area contributed by atoms with E-state index >= 15 is 0 Å². The van der Waals surface area contributed by atoms with Gasteiger partial charge in [0, 0.05) is 12.8 Å². The van der Waals surface area contributed by atoms with Crippen LogP contribution < -0.4 is 0 Å². The second-order valence-electron chi connectivity index (χ2n) is 15.1. The molecule has 0 aromatic rings. The van der Waals surface area contributed by atoms with Crippen LogP contribution in [0.5, 0.6) is 0 Å². The van der Waals surface area contributed by atoms with E-state index in [1.165, 1.54) is 32.1 Å². The number of phosphoric acid groups is 1. The summed E-state index contributed by atoms with van der Waals surface area (Å²) in [5, 5.41) is 0. The maximum atomic E-state index is 12.6. The first-order valence-electron chi connectivity index (χ1n) is 21.2. The van der Waals surface area contributed by atoms with Gasteiger partial charge in [0.05, 0.1) is 27.7 Å². The Morgan fingerprint density at radius 3 is 1.53 bits per heavy atom. The highest BCUT2D eigenvalue weighted by Crippen LogP contribution is 2.43. The van der Waals surface area contributed by atoms with Crippen LogP contribution in [0.15, 0.2) is 72.9 Å². The molecule has 0 aliphatic carbocycles. The zero-order valence-electron chi connectivity index (χ0n) is 35.4. The molecule has 0 saturated carbocycles. The molecule has 0 radical (unpaired) electrons. The monoisotopic (exact) mass is 793 g/mol. The van der Waals surface area contributed by atoms with Crippen molar-refractivity contribution >= 4 is 19.8 Å². The molecule has 0 aliphatic rings. The standard InChI is InChI=1S/C45H78NO8P/c1-6-8-10-12-14-16-18-20-21-22-23-24-26-27-29-31-33-35-37-44(47)51-41-43(42-53-55(49,50)52-40-39-46(3,4)5)54-45(48)38-36-34-32-30-28-25-19-17-15-13-11-9-7-2/h9,11,13,15,17-24,43H,6-8,10,12,14,16,25-42H2,1-5H3/p+1/b11-9+,15-13+,19-17+,20-18+,22-21+,24-23+. The van der Waals surface area contributed by atoms with Crippen LogP contribution in [0.2, 0.25) is 0 Å². The molecule has 0 amide bonds. The summed E-state index contributed by atoms with van der Waals surface area (Å²) in [5.74, 6) is -0.853. The highest BCUT2D eigenvalue weighted by atomic mass is 31.2. The molecular weight excluding hydrogens is 713 g/mol. The Bertz CT molecular complexity index is 1170. The first kappa shape index (κ1) is 52.5. The number of ether oxygens (including phenoxy) is 2. The minimum absolute atomic E-state index is 0.0198. The summed E-state index contributed by atoms with van der Waals surface area (Å²) in [7, 11) is 1.43. The van der Waals surface area contributed by atoms with E-state index in [0.717, 1.165) is 77.0 Å². The lowest BCUT2D eigenvalue weighted by Gasteiger charge is -2.24. The third-order valence-corrected chi connectivity index (χ3v) is 9.58. The van der Waals surface area contributed by atoms with Crippen LogP contribution in [0.4, 0.5) is 0 Å². The first-order valence-corrected chi connectivity index (χ1v) is 22.7. The summed E-state index contributed by atoms with van der Waals surface area (Å²) >= 11 is 0. The molecule has 55 heavy (non-hydrogen) atoms. The van der Waals surface area contributed by atoms with E-state index in [4.69, 9.17) is 18.5 Å². The second kappa shape index (κ2) is 37.1. The van der Waals surface area contributed by atoms with Crippen LogP contribution in [0.3, 0.4) is 0 Å². The Labute approximate surface area is 336 Å². The van der Waals surface area contributed by atoms with Crippen LogP contribution in [0.25, 0.3) is 0 Å². The third-order valence-electron chi connectivity index (χ3n) is 8.59. The quantitative estimate of drug-likeness (QED) is 0.0218. The minimum atomic E-state index is -4.39. The van der Waals surface area contributed by atoms with Crippen molar-refractivity contribution < 1.29 is 42.1 Å². The Balaban J connectivity index is 4.45. The maximum absolute atomic E-state index is 12.6. The minimum Gasteiger partial charge on any atom is -0.462 e. The Morgan fingerprint density at radius 2 is 1.04 bits per heavy atom. The van der Waals surface area contributed by atoms with Gasteiger partial charge in [0.15, 0.2) is 6.10 Å². The van der Waals surface area contributed by atoms with Gasteiger partial charge in [0.25, 0.3) is 0 Å². The van der Waals surface area contributed by atoms with Crippen molar-refractivity contribution in [1.29, 1.82) is 0 Å². The average Bonchev–Trinajstić information content (AvgIpc) is 3.13. The third kappa shape index (κ3) is 40.9. The lowest BCUT2D eigenvalue weighted by molar-refractivity contribution is -0.870. The fourth-order valence-electron chi connectivity index (χ4n) is 5.25. The van der Waals surface area contributed by atoms with Gasteiger partial charge < -0.3 is 18.9 Å². The number of nitrogens with zero attached hydrogens (tertiary/aromatic N) is 1. The lowest BCUT2D eigenvalue weighted by atomic mass is 10.1. The number of carbonyl (C=O) groups is 2. The van der Waals surface area contributed by atoms with E-state index in [1.54, 1.807) is 0 Å². The van der Waals surface area contributed by atoms with Crippen molar-refractivity contribution in [1.82, 2.24) is 0 Å². The van der Waals surface area contributed by atoms with Gasteiger partial charge in [-0.1, -0.05) is 151 Å². The summed E-state index contributed by atoms with van der Waals surface area (Å²) in [4.78, 5) is 35.3. The van der Waals surface area contributed by atoms with E-state index in [-0.39, 0.29) is 26.1 Å². The van der Waals surface area contributed by atoms with Crippen molar-refractivity contribution in [2.75, 3.05) is 47.5 Å². The highest BCUT2D eigenvalue weighted by Gasteiger charge is 2.27. The molecular formula is C45H79NO8P+. The van der Waals surface area contributed by atoms with E-state index < -0.39 is 32.5 Å². The molecule has 0 fully saturated rings. The highest BCUT2D eigenvalue weighted by molar-refractivity contribution is 7.47. The molecule has 316 valence electrons. The molecule has 0 spiro atoms. The van der Waals surface area contributed by atoms with Crippen molar-refractivity contribution in [2.24, 2.45) is 0 Å². The Kier molecular flexibility index (Phi) is 35.3. The Morgan fingerprint density at radius 1 is 0.582 bits per heavy atom. The van der Waals surface area contributed by atoms with Crippen LogP contribution in [-0.4, -0.2) is 74.9 Å². The molecule has 0 rings (SSSR count). The number of phosphoric ester groups is 1. The fraction of sp³-hybridized carbons (Fsp3) is 0.689. The summed E-state index contributed by atoms with van der Waals surface area (Å²) < 4.78 is 34.2. The normalized spacial score (nSPS) is 14.4. The van der Waals surface area contributed by atoms with Gasteiger partial charge in [-0.2, -0.15) is 0 Å². The van der Waals surface area contributed by atoms with Gasteiger partial charge >= 0.3 is 19.8 Å². The van der Waals surface area contributed by atoms with Crippen LogP contribution in [0, 0.1) is 0 Å². The topological polar surface area (TPSA) is 108 Å². The number of hydrogen-bond acceptors (Lipinski definition) is 7. The number of rotatable bonds is 37. The number of esters is 2. The lowest BCUT2D eigenvalue weighted by Crippen LogP contribution is -2.37. The average molecular weight is 793 g/mol.